The normalized spacial score (nSPS) is 12.2. The molecule has 106 valence electrons. The maximum Gasteiger partial charge on any atom is 0.322 e. The predicted octanol–water partition coefficient (Wildman–Crippen LogP) is 2.42. The molecular formula is C15H18N2O2S. The van der Waals surface area contributed by atoms with Gasteiger partial charge in [0.25, 0.3) is 0 Å². The van der Waals surface area contributed by atoms with Crippen molar-refractivity contribution in [2.75, 3.05) is 7.11 Å². The Balaban J connectivity index is 2.08. The molecular weight excluding hydrogens is 272 g/mol. The fourth-order valence-electron chi connectivity index (χ4n) is 1.91. The average Bonchev–Trinajstić information content (AvgIpc) is 2.96. The molecule has 0 saturated heterocycles. The minimum absolute atomic E-state index is 0.388. The van der Waals surface area contributed by atoms with E-state index in [1.165, 1.54) is 7.11 Å². The van der Waals surface area contributed by atoms with Crippen molar-refractivity contribution in [3.8, 4) is 11.3 Å². The molecule has 0 aliphatic carbocycles. The van der Waals surface area contributed by atoms with E-state index in [-0.39, 0.29) is 5.97 Å². The Hall–Kier alpha value is -1.72. The lowest BCUT2D eigenvalue weighted by Crippen LogP contribution is -2.33. The number of nitrogens with two attached hydrogens (primary N) is 1. The number of methoxy groups -OCH3 is 1. The van der Waals surface area contributed by atoms with Gasteiger partial charge in [-0.1, -0.05) is 31.2 Å². The van der Waals surface area contributed by atoms with Crippen LogP contribution in [0.4, 0.5) is 0 Å². The summed E-state index contributed by atoms with van der Waals surface area (Å²) < 4.78 is 4.62. The summed E-state index contributed by atoms with van der Waals surface area (Å²) in [6, 6.07) is 7.35. The number of rotatable bonds is 5. The third kappa shape index (κ3) is 3.43. The molecule has 2 aromatic rings. The van der Waals surface area contributed by atoms with Gasteiger partial charge in [0.2, 0.25) is 0 Å². The van der Waals surface area contributed by atoms with Gasteiger partial charge in [-0.25, -0.2) is 4.98 Å². The summed E-state index contributed by atoms with van der Waals surface area (Å²) in [6.45, 7) is 2.10. The van der Waals surface area contributed by atoms with Crippen LogP contribution in [0, 0.1) is 0 Å². The number of benzene rings is 1. The Kier molecular flexibility index (Phi) is 4.87. The van der Waals surface area contributed by atoms with Crippen LogP contribution >= 0.6 is 11.3 Å². The molecule has 0 spiro atoms. The maximum atomic E-state index is 11.3. The molecule has 0 radical (unpaired) electrons. The van der Waals surface area contributed by atoms with Gasteiger partial charge in [0, 0.05) is 10.9 Å². The summed E-state index contributed by atoms with van der Waals surface area (Å²) in [4.78, 5) is 15.8. The van der Waals surface area contributed by atoms with Crippen molar-refractivity contribution in [1.29, 1.82) is 0 Å². The van der Waals surface area contributed by atoms with E-state index >= 15 is 0 Å². The molecule has 1 aromatic heterocycles. The largest absolute Gasteiger partial charge is 0.468 e. The standard InChI is InChI=1S/C15H18N2O2S/c1-3-14-17-13(9-20-14)11-6-4-10(5-7-11)8-12(16)15(18)19-2/h4-7,9,12H,3,8,16H2,1-2H3/t12-/m0/s1. The zero-order valence-electron chi connectivity index (χ0n) is 11.6. The second-order valence-electron chi connectivity index (χ2n) is 4.51. The van der Waals surface area contributed by atoms with Crippen LogP contribution in [-0.2, 0) is 22.4 Å². The first-order valence-corrected chi connectivity index (χ1v) is 7.39. The van der Waals surface area contributed by atoms with Crippen LogP contribution in [0.15, 0.2) is 29.6 Å². The van der Waals surface area contributed by atoms with Crippen LogP contribution in [0.25, 0.3) is 11.3 Å². The van der Waals surface area contributed by atoms with Crippen LogP contribution in [0.1, 0.15) is 17.5 Å². The number of carbonyl (C=O) groups excluding carboxylic acids is 1. The van der Waals surface area contributed by atoms with Crippen molar-refractivity contribution in [3.05, 3.63) is 40.2 Å². The Morgan fingerprint density at radius 2 is 2.10 bits per heavy atom. The molecule has 2 N–H and O–H groups in total. The van der Waals surface area contributed by atoms with Crippen molar-refractivity contribution in [1.82, 2.24) is 4.98 Å². The lowest BCUT2D eigenvalue weighted by molar-refractivity contribution is -0.142. The number of hydrogen-bond acceptors (Lipinski definition) is 5. The van der Waals surface area contributed by atoms with Crippen LogP contribution in [0.5, 0.6) is 0 Å². The number of esters is 1. The molecule has 0 unspecified atom stereocenters. The molecule has 5 heteroatoms. The van der Waals surface area contributed by atoms with Gasteiger partial charge in [0.05, 0.1) is 17.8 Å². The fraction of sp³-hybridized carbons (Fsp3) is 0.333. The minimum atomic E-state index is -0.614. The quantitative estimate of drug-likeness (QED) is 0.859. The monoisotopic (exact) mass is 290 g/mol. The van der Waals surface area contributed by atoms with E-state index in [0.29, 0.717) is 6.42 Å². The van der Waals surface area contributed by atoms with Gasteiger partial charge >= 0.3 is 5.97 Å². The van der Waals surface area contributed by atoms with Gasteiger partial charge in [0.1, 0.15) is 6.04 Å². The van der Waals surface area contributed by atoms with E-state index in [1.807, 2.05) is 24.3 Å². The van der Waals surface area contributed by atoms with Crippen molar-refractivity contribution < 1.29 is 9.53 Å². The molecule has 1 heterocycles. The molecule has 0 saturated carbocycles. The summed E-state index contributed by atoms with van der Waals surface area (Å²) in [5.74, 6) is -0.388. The Labute approximate surface area is 122 Å². The topological polar surface area (TPSA) is 65.2 Å². The zero-order valence-corrected chi connectivity index (χ0v) is 12.4. The van der Waals surface area contributed by atoms with Gasteiger partial charge in [-0.15, -0.1) is 11.3 Å². The third-order valence-electron chi connectivity index (χ3n) is 3.06. The highest BCUT2D eigenvalue weighted by molar-refractivity contribution is 7.09. The summed E-state index contributed by atoms with van der Waals surface area (Å²) in [7, 11) is 1.35. The highest BCUT2D eigenvalue weighted by Crippen LogP contribution is 2.22. The lowest BCUT2D eigenvalue weighted by atomic mass is 10.0. The Bertz CT molecular complexity index is 578. The summed E-state index contributed by atoms with van der Waals surface area (Å²) in [5.41, 5.74) is 8.83. The van der Waals surface area contributed by atoms with Gasteiger partial charge in [-0.3, -0.25) is 4.79 Å². The van der Waals surface area contributed by atoms with Crippen molar-refractivity contribution in [2.45, 2.75) is 25.8 Å². The fourth-order valence-corrected chi connectivity index (χ4v) is 2.66. The van der Waals surface area contributed by atoms with Crippen LogP contribution < -0.4 is 5.73 Å². The molecule has 0 bridgehead atoms. The molecule has 1 aromatic carbocycles. The number of ether oxygens (including phenoxy) is 1. The van der Waals surface area contributed by atoms with E-state index in [2.05, 4.69) is 22.0 Å². The van der Waals surface area contributed by atoms with Crippen molar-refractivity contribution in [3.63, 3.8) is 0 Å². The number of aromatic nitrogens is 1. The highest BCUT2D eigenvalue weighted by atomic mass is 32.1. The number of hydrogen-bond donors (Lipinski definition) is 1. The van der Waals surface area contributed by atoms with Crippen molar-refractivity contribution >= 4 is 17.3 Å². The molecule has 0 fully saturated rings. The molecule has 0 amide bonds. The number of aryl methyl sites for hydroxylation is 1. The van der Waals surface area contributed by atoms with E-state index in [1.54, 1.807) is 11.3 Å². The zero-order chi connectivity index (χ0) is 14.5. The van der Waals surface area contributed by atoms with E-state index in [4.69, 9.17) is 5.73 Å². The third-order valence-corrected chi connectivity index (χ3v) is 4.06. The molecule has 1 atom stereocenters. The first-order chi connectivity index (χ1) is 9.63. The molecule has 0 aliphatic heterocycles. The number of carbonyl (C=O) groups is 1. The first-order valence-electron chi connectivity index (χ1n) is 6.51. The predicted molar refractivity (Wildman–Crippen MR) is 80.6 cm³/mol. The molecule has 2 rings (SSSR count). The van der Waals surface area contributed by atoms with Crippen molar-refractivity contribution in [2.24, 2.45) is 5.73 Å². The summed E-state index contributed by atoms with van der Waals surface area (Å²) >= 11 is 1.67. The number of nitrogens with zero attached hydrogens (tertiary/aromatic N) is 1. The average molecular weight is 290 g/mol. The lowest BCUT2D eigenvalue weighted by Gasteiger charge is -2.09. The van der Waals surface area contributed by atoms with E-state index in [9.17, 15) is 4.79 Å². The smallest absolute Gasteiger partial charge is 0.322 e. The SMILES string of the molecule is CCc1nc(-c2ccc(C[C@H](N)C(=O)OC)cc2)cs1. The highest BCUT2D eigenvalue weighted by Gasteiger charge is 2.14. The molecule has 20 heavy (non-hydrogen) atoms. The van der Waals surface area contributed by atoms with E-state index in [0.717, 1.165) is 28.2 Å². The van der Waals surface area contributed by atoms with E-state index < -0.39 is 6.04 Å². The second kappa shape index (κ2) is 6.63. The van der Waals surface area contributed by atoms with Gasteiger partial charge < -0.3 is 10.5 Å². The summed E-state index contributed by atoms with van der Waals surface area (Å²) in [5, 5.41) is 3.20. The van der Waals surface area contributed by atoms with Gasteiger partial charge in [-0.2, -0.15) is 0 Å². The van der Waals surface area contributed by atoms with Crippen LogP contribution in [0.3, 0.4) is 0 Å². The second-order valence-corrected chi connectivity index (χ2v) is 5.45. The minimum Gasteiger partial charge on any atom is -0.468 e. The Morgan fingerprint density at radius 3 is 2.65 bits per heavy atom. The molecule has 0 aliphatic rings. The van der Waals surface area contributed by atoms with Gasteiger partial charge in [0.15, 0.2) is 0 Å². The van der Waals surface area contributed by atoms with Crippen LogP contribution in [0.2, 0.25) is 0 Å². The van der Waals surface area contributed by atoms with Crippen LogP contribution in [-0.4, -0.2) is 24.1 Å². The Morgan fingerprint density at radius 1 is 1.40 bits per heavy atom. The molecule has 4 nitrogen and oxygen atoms in total. The number of thiazole rings is 1. The van der Waals surface area contributed by atoms with Gasteiger partial charge in [-0.05, 0) is 18.4 Å². The maximum absolute atomic E-state index is 11.3. The summed E-state index contributed by atoms with van der Waals surface area (Å²) in [6.07, 6.45) is 1.43. The first kappa shape index (κ1) is 14.7.